The van der Waals surface area contributed by atoms with E-state index in [4.69, 9.17) is 0 Å². The van der Waals surface area contributed by atoms with Crippen LogP contribution in [0.5, 0.6) is 0 Å². The van der Waals surface area contributed by atoms with Crippen molar-refractivity contribution in [2.45, 2.75) is 26.0 Å². The zero-order chi connectivity index (χ0) is 13.1. The minimum Gasteiger partial charge on any atom is -0.388 e. The second-order valence-corrected chi connectivity index (χ2v) is 5.24. The molecule has 0 spiro atoms. The molecule has 0 aliphatic carbocycles. The monoisotopic (exact) mass is 240 g/mol. The summed E-state index contributed by atoms with van der Waals surface area (Å²) in [5.74, 6) is 0. The Hall–Kier alpha value is -0.910. The van der Waals surface area contributed by atoms with Gasteiger partial charge in [0.15, 0.2) is 0 Å². The van der Waals surface area contributed by atoms with Crippen molar-refractivity contribution in [3.63, 3.8) is 0 Å². The molecule has 1 unspecified atom stereocenters. The minimum atomic E-state index is -0.711. The summed E-state index contributed by atoms with van der Waals surface area (Å²) >= 11 is 0. The minimum absolute atomic E-state index is 0.565. The first-order valence-electron chi connectivity index (χ1n) is 5.87. The highest BCUT2D eigenvalue weighted by Gasteiger charge is 2.20. The van der Waals surface area contributed by atoms with Crippen molar-refractivity contribution in [2.75, 3.05) is 27.2 Å². The van der Waals surface area contributed by atoms with Crippen LogP contribution in [0.15, 0.2) is 6.07 Å². The van der Waals surface area contributed by atoms with Crippen molar-refractivity contribution >= 4 is 0 Å². The Morgan fingerprint density at radius 1 is 1.53 bits per heavy atom. The molecule has 0 aliphatic rings. The number of nitrogens with zero attached hydrogens (tertiary/aromatic N) is 3. The molecule has 0 amide bonds. The number of aromatic nitrogens is 2. The van der Waals surface area contributed by atoms with Crippen molar-refractivity contribution in [1.29, 1.82) is 0 Å². The summed E-state index contributed by atoms with van der Waals surface area (Å²) in [7, 11) is 5.85. The van der Waals surface area contributed by atoms with Gasteiger partial charge < -0.3 is 15.3 Å². The zero-order valence-corrected chi connectivity index (χ0v) is 11.5. The van der Waals surface area contributed by atoms with Gasteiger partial charge in [-0.15, -0.1) is 0 Å². The van der Waals surface area contributed by atoms with E-state index in [2.05, 4.69) is 10.4 Å². The van der Waals surface area contributed by atoms with Crippen LogP contribution in [0, 0.1) is 6.92 Å². The third-order valence-corrected chi connectivity index (χ3v) is 2.57. The lowest BCUT2D eigenvalue weighted by Crippen LogP contribution is -2.45. The molecule has 0 saturated heterocycles. The van der Waals surface area contributed by atoms with Crippen LogP contribution in [0.1, 0.15) is 18.3 Å². The largest absolute Gasteiger partial charge is 0.388 e. The molecular formula is C12H24N4O. The first-order valence-corrected chi connectivity index (χ1v) is 5.87. The summed E-state index contributed by atoms with van der Waals surface area (Å²) in [5, 5.41) is 17.7. The van der Waals surface area contributed by atoms with Crippen LogP contribution in [0.3, 0.4) is 0 Å². The van der Waals surface area contributed by atoms with Gasteiger partial charge >= 0.3 is 0 Å². The van der Waals surface area contributed by atoms with Crippen molar-refractivity contribution in [3.05, 3.63) is 17.5 Å². The van der Waals surface area contributed by atoms with Crippen molar-refractivity contribution in [2.24, 2.45) is 7.05 Å². The summed E-state index contributed by atoms with van der Waals surface area (Å²) in [6, 6.07) is 2.05. The van der Waals surface area contributed by atoms with Gasteiger partial charge in [-0.25, -0.2) is 0 Å². The Morgan fingerprint density at radius 2 is 2.18 bits per heavy atom. The number of rotatable bonds is 6. The normalized spacial score (nSPS) is 15.2. The summed E-state index contributed by atoms with van der Waals surface area (Å²) in [4.78, 5) is 1.98. The first kappa shape index (κ1) is 14.2. The lowest BCUT2D eigenvalue weighted by Gasteiger charge is -2.27. The summed E-state index contributed by atoms with van der Waals surface area (Å²) in [6.07, 6.45) is 0. The smallest absolute Gasteiger partial charge is 0.0869 e. The molecule has 5 heteroatoms. The van der Waals surface area contributed by atoms with E-state index < -0.39 is 5.60 Å². The van der Waals surface area contributed by atoms with Crippen LogP contribution in [0.4, 0.5) is 0 Å². The fourth-order valence-electron chi connectivity index (χ4n) is 2.03. The predicted octanol–water partition coefficient (Wildman–Crippen LogP) is 0.131. The van der Waals surface area contributed by atoms with Crippen LogP contribution in [0.25, 0.3) is 0 Å². The third-order valence-electron chi connectivity index (χ3n) is 2.57. The van der Waals surface area contributed by atoms with Gasteiger partial charge in [0.25, 0.3) is 0 Å². The Bertz CT molecular complexity index is 357. The van der Waals surface area contributed by atoms with Crippen molar-refractivity contribution < 1.29 is 5.11 Å². The molecule has 98 valence electrons. The first-order chi connectivity index (χ1) is 7.80. The maximum Gasteiger partial charge on any atom is 0.0869 e. The fraction of sp³-hybridized carbons (Fsp3) is 0.750. The Balaban J connectivity index is 2.39. The standard InChI is InChI=1S/C12H24N4O/c1-10-6-11(16(5)14-10)7-13-8-12(2,17)9-15(3)4/h6,13,17H,7-9H2,1-5H3. The second kappa shape index (κ2) is 5.62. The summed E-state index contributed by atoms with van der Waals surface area (Å²) in [5.41, 5.74) is 1.43. The summed E-state index contributed by atoms with van der Waals surface area (Å²) in [6.45, 7) is 5.75. The Kier molecular flexibility index (Phi) is 4.68. The summed E-state index contributed by atoms with van der Waals surface area (Å²) < 4.78 is 1.86. The van der Waals surface area contributed by atoms with Crippen molar-refractivity contribution in [1.82, 2.24) is 20.0 Å². The number of aryl methyl sites for hydroxylation is 2. The molecule has 0 fully saturated rings. The molecule has 0 aromatic carbocycles. The lowest BCUT2D eigenvalue weighted by atomic mass is 10.1. The van der Waals surface area contributed by atoms with E-state index in [9.17, 15) is 5.11 Å². The molecule has 5 nitrogen and oxygen atoms in total. The average Bonchev–Trinajstić information content (AvgIpc) is 2.42. The van der Waals surface area contributed by atoms with Gasteiger partial charge in [0, 0.05) is 26.7 Å². The van der Waals surface area contributed by atoms with Gasteiger partial charge in [0.1, 0.15) is 0 Å². The quantitative estimate of drug-likeness (QED) is 0.742. The molecule has 0 bridgehead atoms. The Labute approximate surface area is 103 Å². The number of aliphatic hydroxyl groups is 1. The maximum absolute atomic E-state index is 10.1. The highest BCUT2D eigenvalue weighted by molar-refractivity contribution is 5.08. The van der Waals surface area contributed by atoms with E-state index >= 15 is 0 Å². The van der Waals surface area contributed by atoms with Gasteiger partial charge in [-0.3, -0.25) is 4.68 Å². The van der Waals surface area contributed by atoms with Gasteiger partial charge in [-0.05, 0) is 34.0 Å². The number of likely N-dealkylation sites (N-methyl/N-ethyl adjacent to an activating group) is 1. The fourth-order valence-corrected chi connectivity index (χ4v) is 2.03. The van der Waals surface area contributed by atoms with Gasteiger partial charge in [0.05, 0.1) is 17.0 Å². The van der Waals surface area contributed by atoms with Crippen LogP contribution < -0.4 is 5.32 Å². The number of hydrogen-bond donors (Lipinski definition) is 2. The molecule has 1 rings (SSSR count). The van der Waals surface area contributed by atoms with Crippen LogP contribution >= 0.6 is 0 Å². The molecule has 1 aromatic rings. The van der Waals surface area contributed by atoms with E-state index in [0.717, 1.165) is 17.9 Å². The topological polar surface area (TPSA) is 53.3 Å². The second-order valence-electron chi connectivity index (χ2n) is 5.24. The van der Waals surface area contributed by atoms with E-state index in [0.29, 0.717) is 13.1 Å². The highest BCUT2D eigenvalue weighted by Crippen LogP contribution is 2.05. The number of nitrogens with one attached hydrogen (secondary N) is 1. The lowest BCUT2D eigenvalue weighted by molar-refractivity contribution is 0.0334. The SMILES string of the molecule is Cc1cc(CNCC(C)(O)CN(C)C)n(C)n1. The van der Waals surface area contributed by atoms with Gasteiger partial charge in [0.2, 0.25) is 0 Å². The van der Waals surface area contributed by atoms with Crippen LogP contribution in [-0.4, -0.2) is 52.6 Å². The third kappa shape index (κ3) is 4.85. The molecule has 17 heavy (non-hydrogen) atoms. The van der Waals surface area contributed by atoms with Crippen LogP contribution in [-0.2, 0) is 13.6 Å². The molecule has 0 saturated carbocycles. The van der Waals surface area contributed by atoms with Crippen LogP contribution in [0.2, 0.25) is 0 Å². The van der Waals surface area contributed by atoms with E-state index in [1.165, 1.54) is 0 Å². The van der Waals surface area contributed by atoms with E-state index in [-0.39, 0.29) is 0 Å². The Morgan fingerprint density at radius 3 is 2.65 bits per heavy atom. The maximum atomic E-state index is 10.1. The molecule has 1 heterocycles. The van der Waals surface area contributed by atoms with Gasteiger partial charge in [-0.1, -0.05) is 0 Å². The molecular weight excluding hydrogens is 216 g/mol. The van der Waals surface area contributed by atoms with E-state index in [1.54, 1.807) is 0 Å². The van der Waals surface area contributed by atoms with E-state index in [1.807, 2.05) is 50.6 Å². The zero-order valence-electron chi connectivity index (χ0n) is 11.5. The molecule has 0 radical (unpaired) electrons. The van der Waals surface area contributed by atoms with Crippen molar-refractivity contribution in [3.8, 4) is 0 Å². The molecule has 0 aliphatic heterocycles. The van der Waals surface area contributed by atoms with Gasteiger partial charge in [-0.2, -0.15) is 5.10 Å². The highest BCUT2D eigenvalue weighted by atomic mass is 16.3. The molecule has 2 N–H and O–H groups in total. The average molecular weight is 240 g/mol. The predicted molar refractivity (Wildman–Crippen MR) is 68.8 cm³/mol. The number of hydrogen-bond acceptors (Lipinski definition) is 4. The molecule has 1 atom stereocenters. The molecule has 1 aromatic heterocycles.